The van der Waals surface area contributed by atoms with Gasteiger partial charge in [0.1, 0.15) is 0 Å². The molecule has 0 spiro atoms. The minimum Gasteiger partial charge on any atom is -0.481 e. The molecule has 1 heterocycles. The van der Waals surface area contributed by atoms with Crippen molar-refractivity contribution in [2.24, 2.45) is 0 Å². The summed E-state index contributed by atoms with van der Waals surface area (Å²) in [7, 11) is 3.35. The van der Waals surface area contributed by atoms with Crippen molar-refractivity contribution in [3.63, 3.8) is 0 Å². The minimum absolute atomic E-state index is 0.130. The standard InChI is InChI=1S/C17H21N3O2/c1-13-7-4-5-8-15(13)12-20(2)17(21)19-11-14-9-6-10-18-16(14)22-3/h4-10H,11-12H2,1-3H3,(H,19,21). The maximum atomic E-state index is 12.2. The van der Waals surface area contributed by atoms with Gasteiger partial charge in [-0.15, -0.1) is 0 Å². The molecule has 22 heavy (non-hydrogen) atoms. The summed E-state index contributed by atoms with van der Waals surface area (Å²) < 4.78 is 5.17. The van der Waals surface area contributed by atoms with Crippen LogP contribution in [0.2, 0.25) is 0 Å². The molecule has 5 nitrogen and oxygen atoms in total. The van der Waals surface area contributed by atoms with Crippen LogP contribution in [0.5, 0.6) is 5.88 Å². The van der Waals surface area contributed by atoms with E-state index < -0.39 is 0 Å². The predicted molar refractivity (Wildman–Crippen MR) is 85.7 cm³/mol. The molecule has 5 heteroatoms. The third-order valence-electron chi connectivity index (χ3n) is 3.49. The van der Waals surface area contributed by atoms with Crippen LogP contribution in [0, 0.1) is 6.92 Å². The van der Waals surface area contributed by atoms with E-state index >= 15 is 0 Å². The molecular weight excluding hydrogens is 278 g/mol. The van der Waals surface area contributed by atoms with Crippen LogP contribution >= 0.6 is 0 Å². The highest BCUT2D eigenvalue weighted by Gasteiger charge is 2.11. The average Bonchev–Trinajstić information content (AvgIpc) is 2.54. The molecule has 1 N–H and O–H groups in total. The summed E-state index contributed by atoms with van der Waals surface area (Å²) in [6.07, 6.45) is 1.66. The van der Waals surface area contributed by atoms with E-state index in [9.17, 15) is 4.79 Å². The van der Waals surface area contributed by atoms with Crippen molar-refractivity contribution in [1.29, 1.82) is 0 Å². The number of aryl methyl sites for hydroxylation is 1. The Kier molecular flexibility index (Phi) is 5.36. The Bertz CT molecular complexity index is 643. The third kappa shape index (κ3) is 3.97. The Labute approximate surface area is 130 Å². The summed E-state index contributed by atoms with van der Waals surface area (Å²) >= 11 is 0. The summed E-state index contributed by atoms with van der Waals surface area (Å²) in [5.74, 6) is 0.532. The molecule has 1 aromatic heterocycles. The van der Waals surface area contributed by atoms with Crippen LogP contribution in [0.4, 0.5) is 4.79 Å². The first-order valence-electron chi connectivity index (χ1n) is 7.13. The molecular formula is C17H21N3O2. The average molecular weight is 299 g/mol. The first kappa shape index (κ1) is 15.8. The van der Waals surface area contributed by atoms with Crippen molar-refractivity contribution in [3.05, 3.63) is 59.3 Å². The maximum Gasteiger partial charge on any atom is 0.317 e. The maximum absolute atomic E-state index is 12.2. The van der Waals surface area contributed by atoms with Gasteiger partial charge >= 0.3 is 6.03 Å². The Morgan fingerprint density at radius 1 is 1.23 bits per heavy atom. The number of ether oxygens (including phenoxy) is 1. The van der Waals surface area contributed by atoms with E-state index in [0.717, 1.165) is 11.1 Å². The number of aromatic nitrogens is 1. The van der Waals surface area contributed by atoms with Crippen molar-refractivity contribution in [1.82, 2.24) is 15.2 Å². The van der Waals surface area contributed by atoms with E-state index in [0.29, 0.717) is 19.0 Å². The normalized spacial score (nSPS) is 10.1. The second kappa shape index (κ2) is 7.45. The van der Waals surface area contributed by atoms with E-state index in [4.69, 9.17) is 4.74 Å². The zero-order chi connectivity index (χ0) is 15.9. The van der Waals surface area contributed by atoms with Crippen LogP contribution in [-0.4, -0.2) is 30.1 Å². The molecule has 2 amide bonds. The first-order valence-corrected chi connectivity index (χ1v) is 7.13. The van der Waals surface area contributed by atoms with Crippen molar-refractivity contribution >= 4 is 6.03 Å². The second-order valence-corrected chi connectivity index (χ2v) is 5.11. The van der Waals surface area contributed by atoms with Gasteiger partial charge in [0.2, 0.25) is 5.88 Å². The van der Waals surface area contributed by atoms with Crippen LogP contribution in [0.25, 0.3) is 0 Å². The van der Waals surface area contributed by atoms with Crippen molar-refractivity contribution < 1.29 is 9.53 Å². The highest BCUT2D eigenvalue weighted by Crippen LogP contribution is 2.13. The van der Waals surface area contributed by atoms with Gasteiger partial charge in [0.25, 0.3) is 0 Å². The van der Waals surface area contributed by atoms with Crippen molar-refractivity contribution in [2.75, 3.05) is 14.2 Å². The topological polar surface area (TPSA) is 54.5 Å². The second-order valence-electron chi connectivity index (χ2n) is 5.11. The Hall–Kier alpha value is -2.56. The minimum atomic E-state index is -0.130. The fourth-order valence-electron chi connectivity index (χ4n) is 2.16. The number of pyridine rings is 1. The molecule has 0 radical (unpaired) electrons. The van der Waals surface area contributed by atoms with E-state index in [1.54, 1.807) is 25.3 Å². The molecule has 2 aromatic rings. The highest BCUT2D eigenvalue weighted by molar-refractivity contribution is 5.74. The molecule has 0 saturated heterocycles. The van der Waals surface area contributed by atoms with Crippen LogP contribution in [0.15, 0.2) is 42.6 Å². The predicted octanol–water partition coefficient (Wildman–Crippen LogP) is 2.74. The molecule has 0 bridgehead atoms. The number of nitrogens with one attached hydrogen (secondary N) is 1. The molecule has 0 aliphatic rings. The van der Waals surface area contributed by atoms with Gasteiger partial charge < -0.3 is 15.0 Å². The Morgan fingerprint density at radius 2 is 1.95 bits per heavy atom. The summed E-state index contributed by atoms with van der Waals surface area (Å²) in [6.45, 7) is 3.00. The third-order valence-corrected chi connectivity index (χ3v) is 3.49. The monoisotopic (exact) mass is 299 g/mol. The molecule has 0 atom stereocenters. The van der Waals surface area contributed by atoms with E-state index in [1.807, 2.05) is 43.3 Å². The Morgan fingerprint density at radius 3 is 2.68 bits per heavy atom. The van der Waals surface area contributed by atoms with Gasteiger partial charge in [-0.05, 0) is 24.1 Å². The number of carbonyl (C=O) groups is 1. The van der Waals surface area contributed by atoms with Gasteiger partial charge in [-0.25, -0.2) is 9.78 Å². The number of hydrogen-bond donors (Lipinski definition) is 1. The molecule has 0 aliphatic heterocycles. The molecule has 0 saturated carbocycles. The number of nitrogens with zero attached hydrogens (tertiary/aromatic N) is 2. The smallest absolute Gasteiger partial charge is 0.317 e. The fraction of sp³-hybridized carbons (Fsp3) is 0.294. The van der Waals surface area contributed by atoms with Gasteiger partial charge in [0.05, 0.1) is 7.11 Å². The lowest BCUT2D eigenvalue weighted by atomic mass is 10.1. The largest absolute Gasteiger partial charge is 0.481 e. The van der Waals surface area contributed by atoms with Gasteiger partial charge in [0.15, 0.2) is 0 Å². The van der Waals surface area contributed by atoms with Crippen molar-refractivity contribution in [3.8, 4) is 5.88 Å². The van der Waals surface area contributed by atoms with Crippen molar-refractivity contribution in [2.45, 2.75) is 20.0 Å². The quantitative estimate of drug-likeness (QED) is 0.923. The SMILES string of the molecule is COc1ncccc1CNC(=O)N(C)Cc1ccccc1C. The summed E-state index contributed by atoms with van der Waals surface area (Å²) in [5.41, 5.74) is 3.16. The zero-order valence-corrected chi connectivity index (χ0v) is 13.2. The van der Waals surface area contributed by atoms with E-state index in [1.165, 1.54) is 5.56 Å². The zero-order valence-electron chi connectivity index (χ0n) is 13.2. The van der Waals surface area contributed by atoms with Gasteiger partial charge in [0, 0.05) is 31.9 Å². The number of rotatable bonds is 5. The van der Waals surface area contributed by atoms with Crippen LogP contribution < -0.4 is 10.1 Å². The lowest BCUT2D eigenvalue weighted by Gasteiger charge is -2.19. The number of hydrogen-bond acceptors (Lipinski definition) is 3. The van der Waals surface area contributed by atoms with Gasteiger partial charge in [-0.3, -0.25) is 0 Å². The van der Waals surface area contributed by atoms with E-state index in [2.05, 4.69) is 10.3 Å². The highest BCUT2D eigenvalue weighted by atomic mass is 16.5. The number of methoxy groups -OCH3 is 1. The lowest BCUT2D eigenvalue weighted by molar-refractivity contribution is 0.206. The van der Waals surface area contributed by atoms with E-state index in [-0.39, 0.29) is 6.03 Å². The lowest BCUT2D eigenvalue weighted by Crippen LogP contribution is -2.36. The Balaban J connectivity index is 1.93. The fourth-order valence-corrected chi connectivity index (χ4v) is 2.16. The van der Waals surface area contributed by atoms with Crippen LogP contribution in [0.1, 0.15) is 16.7 Å². The number of carbonyl (C=O) groups excluding carboxylic acids is 1. The molecule has 116 valence electrons. The summed E-state index contributed by atoms with van der Waals surface area (Å²) in [4.78, 5) is 18.0. The molecule has 2 rings (SSSR count). The molecule has 0 aliphatic carbocycles. The van der Waals surface area contributed by atoms with Crippen LogP contribution in [-0.2, 0) is 13.1 Å². The van der Waals surface area contributed by atoms with Gasteiger partial charge in [-0.2, -0.15) is 0 Å². The molecule has 1 aromatic carbocycles. The number of urea groups is 1. The number of amides is 2. The molecule has 0 fully saturated rings. The summed E-state index contributed by atoms with van der Waals surface area (Å²) in [5, 5.41) is 2.88. The van der Waals surface area contributed by atoms with Crippen LogP contribution in [0.3, 0.4) is 0 Å². The summed E-state index contributed by atoms with van der Waals surface area (Å²) in [6, 6.07) is 11.6. The number of benzene rings is 1. The molecule has 0 unspecified atom stereocenters. The first-order chi connectivity index (χ1) is 10.6. The van der Waals surface area contributed by atoms with Gasteiger partial charge in [-0.1, -0.05) is 30.3 Å².